The van der Waals surface area contributed by atoms with Crippen molar-refractivity contribution in [3.63, 3.8) is 0 Å². The van der Waals surface area contributed by atoms with Crippen LogP contribution in [0.2, 0.25) is 5.02 Å². The van der Waals surface area contributed by atoms with Gasteiger partial charge in [0, 0.05) is 18.2 Å². The smallest absolute Gasteiger partial charge is 0.354 e. The molecule has 0 radical (unpaired) electrons. The van der Waals surface area contributed by atoms with E-state index in [9.17, 15) is 4.79 Å². The van der Waals surface area contributed by atoms with Crippen LogP contribution in [0.15, 0.2) is 41.2 Å². The van der Waals surface area contributed by atoms with Crippen molar-refractivity contribution in [2.45, 2.75) is 31.9 Å². The monoisotopic (exact) mass is 399 g/mol. The van der Waals surface area contributed by atoms with Crippen LogP contribution in [0.1, 0.15) is 18.4 Å². The number of nitrogens with zero attached hydrogens (tertiary/aromatic N) is 2. The molecule has 2 aromatic carbocycles. The minimum atomic E-state index is -0.365. The Morgan fingerprint density at radius 1 is 1.21 bits per heavy atom. The molecule has 0 bridgehead atoms. The standard InChI is InChI=1S/C21H22ClN3O3/c1-12-6-4-5-7-16(12)25-17-8-13(22)9-18(28-3)19(17)20(24-21(25)26)23-14-10-15(11-14)27-2/h4-9,14-15H,10-11H2,1-3H3,(H,23,24,26)/t14-,15-. The lowest BCUT2D eigenvalue weighted by Crippen LogP contribution is -2.41. The van der Waals surface area contributed by atoms with Gasteiger partial charge < -0.3 is 14.8 Å². The topological polar surface area (TPSA) is 65.4 Å². The number of rotatable bonds is 5. The summed E-state index contributed by atoms with van der Waals surface area (Å²) in [7, 11) is 3.30. The minimum absolute atomic E-state index is 0.203. The van der Waals surface area contributed by atoms with Crippen LogP contribution in [0.5, 0.6) is 5.75 Å². The second-order valence-electron chi connectivity index (χ2n) is 7.04. The molecular weight excluding hydrogens is 378 g/mol. The lowest BCUT2D eigenvalue weighted by molar-refractivity contribution is 0.0328. The molecular formula is C21H22ClN3O3. The molecule has 0 amide bonds. The second-order valence-corrected chi connectivity index (χ2v) is 7.47. The third-order valence-corrected chi connectivity index (χ3v) is 5.49. The number of fused-ring (bicyclic) bond motifs is 1. The van der Waals surface area contributed by atoms with E-state index >= 15 is 0 Å². The van der Waals surface area contributed by atoms with E-state index in [4.69, 9.17) is 21.1 Å². The predicted molar refractivity (Wildman–Crippen MR) is 111 cm³/mol. The number of methoxy groups -OCH3 is 2. The molecule has 146 valence electrons. The molecule has 0 spiro atoms. The highest BCUT2D eigenvalue weighted by molar-refractivity contribution is 6.31. The summed E-state index contributed by atoms with van der Waals surface area (Å²) in [6, 6.07) is 11.4. The maximum absolute atomic E-state index is 13.0. The highest BCUT2D eigenvalue weighted by Gasteiger charge is 2.30. The molecule has 3 aromatic rings. The fourth-order valence-corrected chi connectivity index (χ4v) is 3.87. The van der Waals surface area contributed by atoms with Gasteiger partial charge in [0.1, 0.15) is 11.6 Å². The SMILES string of the molecule is COc1cc(Cl)cc2c1c(N[C@H]1C[C@H](OC)C1)nc(=O)n2-c1ccccc1C. The first-order valence-electron chi connectivity index (χ1n) is 9.17. The zero-order chi connectivity index (χ0) is 19.8. The van der Waals surface area contributed by atoms with Gasteiger partial charge in [0.25, 0.3) is 0 Å². The molecule has 1 fully saturated rings. The largest absolute Gasteiger partial charge is 0.496 e. The number of halogens is 1. The predicted octanol–water partition coefficient (Wildman–Crippen LogP) is 3.95. The lowest BCUT2D eigenvalue weighted by atomic mass is 9.89. The van der Waals surface area contributed by atoms with E-state index in [-0.39, 0.29) is 17.8 Å². The van der Waals surface area contributed by atoms with Gasteiger partial charge in [-0.1, -0.05) is 29.8 Å². The summed E-state index contributed by atoms with van der Waals surface area (Å²) >= 11 is 6.34. The first kappa shape index (κ1) is 18.8. The Hall–Kier alpha value is -2.57. The average molecular weight is 400 g/mol. The number of aryl methyl sites for hydroxylation is 1. The molecule has 4 rings (SSSR count). The summed E-state index contributed by atoms with van der Waals surface area (Å²) < 4.78 is 12.5. The van der Waals surface area contributed by atoms with Crippen LogP contribution in [-0.2, 0) is 4.74 Å². The van der Waals surface area contributed by atoms with Crippen molar-refractivity contribution in [1.82, 2.24) is 9.55 Å². The van der Waals surface area contributed by atoms with Crippen molar-refractivity contribution in [2.75, 3.05) is 19.5 Å². The molecule has 1 aliphatic rings. The summed E-state index contributed by atoms with van der Waals surface area (Å²) in [6.45, 7) is 1.96. The van der Waals surface area contributed by atoms with Gasteiger partial charge in [0.15, 0.2) is 0 Å². The summed E-state index contributed by atoms with van der Waals surface area (Å²) in [4.78, 5) is 17.4. The third kappa shape index (κ3) is 3.23. The van der Waals surface area contributed by atoms with E-state index in [0.29, 0.717) is 22.1 Å². The van der Waals surface area contributed by atoms with E-state index in [1.165, 1.54) is 0 Å². The Labute approximate surface area is 168 Å². The maximum atomic E-state index is 13.0. The fraction of sp³-hybridized carbons (Fsp3) is 0.333. The van der Waals surface area contributed by atoms with Gasteiger partial charge in [0.05, 0.1) is 29.8 Å². The highest BCUT2D eigenvalue weighted by Crippen LogP contribution is 2.36. The van der Waals surface area contributed by atoms with Crippen LogP contribution in [0.25, 0.3) is 16.6 Å². The Morgan fingerprint density at radius 2 is 1.96 bits per heavy atom. The van der Waals surface area contributed by atoms with Crippen LogP contribution in [-0.4, -0.2) is 35.9 Å². The number of para-hydroxylation sites is 1. The molecule has 0 saturated heterocycles. The highest BCUT2D eigenvalue weighted by atomic mass is 35.5. The molecule has 0 aliphatic heterocycles. The molecule has 28 heavy (non-hydrogen) atoms. The zero-order valence-corrected chi connectivity index (χ0v) is 16.8. The molecule has 7 heteroatoms. The minimum Gasteiger partial charge on any atom is -0.496 e. The lowest BCUT2D eigenvalue weighted by Gasteiger charge is -2.35. The Balaban J connectivity index is 1.94. The summed E-state index contributed by atoms with van der Waals surface area (Å²) in [5.74, 6) is 1.08. The molecule has 6 nitrogen and oxygen atoms in total. The second kappa shape index (κ2) is 7.45. The van der Waals surface area contributed by atoms with Gasteiger partial charge in [-0.2, -0.15) is 4.98 Å². The number of aromatic nitrogens is 2. The summed E-state index contributed by atoms with van der Waals surface area (Å²) in [5, 5.41) is 4.61. The summed E-state index contributed by atoms with van der Waals surface area (Å²) in [5.41, 5.74) is 2.03. The Morgan fingerprint density at radius 3 is 2.64 bits per heavy atom. The van der Waals surface area contributed by atoms with Crippen molar-refractivity contribution in [1.29, 1.82) is 0 Å². The molecule has 1 aliphatic carbocycles. The molecule has 1 heterocycles. The van der Waals surface area contributed by atoms with Crippen molar-refractivity contribution in [3.8, 4) is 11.4 Å². The molecule has 1 N–H and O–H groups in total. The molecule has 0 atom stereocenters. The number of nitrogens with one attached hydrogen (secondary N) is 1. The molecule has 0 unspecified atom stereocenters. The maximum Gasteiger partial charge on any atom is 0.354 e. The zero-order valence-electron chi connectivity index (χ0n) is 16.0. The molecule has 1 saturated carbocycles. The van der Waals surface area contributed by atoms with Crippen molar-refractivity contribution in [2.24, 2.45) is 0 Å². The number of ether oxygens (including phenoxy) is 2. The van der Waals surface area contributed by atoms with Crippen LogP contribution >= 0.6 is 11.6 Å². The quantitative estimate of drug-likeness (QED) is 0.703. The van der Waals surface area contributed by atoms with Crippen molar-refractivity contribution in [3.05, 3.63) is 57.5 Å². The van der Waals surface area contributed by atoms with E-state index in [0.717, 1.165) is 29.5 Å². The van der Waals surface area contributed by atoms with Crippen LogP contribution in [0.3, 0.4) is 0 Å². The van der Waals surface area contributed by atoms with Crippen LogP contribution in [0.4, 0.5) is 5.82 Å². The van der Waals surface area contributed by atoms with Gasteiger partial charge in [0.2, 0.25) is 0 Å². The number of hydrogen-bond acceptors (Lipinski definition) is 5. The number of benzene rings is 2. The van der Waals surface area contributed by atoms with Gasteiger partial charge in [-0.05, 0) is 43.5 Å². The first-order valence-corrected chi connectivity index (χ1v) is 9.55. The molecule has 1 aromatic heterocycles. The van der Waals surface area contributed by atoms with Crippen molar-refractivity contribution >= 4 is 28.3 Å². The Kier molecular flexibility index (Phi) is 5.00. The van der Waals surface area contributed by atoms with Crippen LogP contribution in [0, 0.1) is 6.92 Å². The van der Waals surface area contributed by atoms with Gasteiger partial charge in [-0.3, -0.25) is 4.57 Å². The van der Waals surface area contributed by atoms with Gasteiger partial charge in [-0.15, -0.1) is 0 Å². The van der Waals surface area contributed by atoms with E-state index in [1.54, 1.807) is 30.9 Å². The third-order valence-electron chi connectivity index (χ3n) is 5.27. The average Bonchev–Trinajstić information content (AvgIpc) is 2.64. The normalized spacial score (nSPS) is 18.7. The fourth-order valence-electron chi connectivity index (χ4n) is 3.67. The van der Waals surface area contributed by atoms with Gasteiger partial charge in [-0.25, -0.2) is 4.79 Å². The van der Waals surface area contributed by atoms with Crippen LogP contribution < -0.4 is 15.7 Å². The van der Waals surface area contributed by atoms with E-state index in [2.05, 4.69) is 10.3 Å². The number of hydrogen-bond donors (Lipinski definition) is 1. The van der Waals surface area contributed by atoms with Crippen molar-refractivity contribution < 1.29 is 9.47 Å². The van der Waals surface area contributed by atoms with E-state index in [1.807, 2.05) is 31.2 Å². The summed E-state index contributed by atoms with van der Waals surface area (Å²) in [6.07, 6.45) is 1.99. The first-order chi connectivity index (χ1) is 13.5. The Bertz CT molecular complexity index is 1090. The van der Waals surface area contributed by atoms with Gasteiger partial charge >= 0.3 is 5.69 Å². The van der Waals surface area contributed by atoms with E-state index < -0.39 is 0 Å². The number of anilines is 1.